The Bertz CT molecular complexity index is 799. The predicted molar refractivity (Wildman–Crippen MR) is 96.2 cm³/mol. The van der Waals surface area contributed by atoms with Crippen molar-refractivity contribution in [3.63, 3.8) is 0 Å². The molecule has 0 aliphatic heterocycles. The Morgan fingerprint density at radius 3 is 2.68 bits per heavy atom. The Hall–Kier alpha value is -2.67. The second-order valence-corrected chi connectivity index (χ2v) is 6.04. The fraction of sp³-hybridized carbons (Fsp3) is 0.222. The Morgan fingerprint density at radius 1 is 1.16 bits per heavy atom. The van der Waals surface area contributed by atoms with Gasteiger partial charge in [0.1, 0.15) is 23.6 Å². The summed E-state index contributed by atoms with van der Waals surface area (Å²) in [4.78, 5) is 16.2. The lowest BCUT2D eigenvalue weighted by Crippen LogP contribution is -2.29. The first kappa shape index (κ1) is 17.2. The molecule has 0 atom stereocenters. The fourth-order valence-electron chi connectivity index (χ4n) is 2.12. The Kier molecular flexibility index (Phi) is 5.79. The van der Waals surface area contributed by atoms with E-state index in [-0.39, 0.29) is 11.7 Å². The largest absolute Gasteiger partial charge is 0.497 e. The highest BCUT2D eigenvalue weighted by atomic mass is 32.2. The number of amides is 1. The molecule has 0 unspecified atom stereocenters. The van der Waals surface area contributed by atoms with Gasteiger partial charge in [-0.1, -0.05) is 23.9 Å². The fourth-order valence-corrected chi connectivity index (χ4v) is 2.79. The van der Waals surface area contributed by atoms with E-state index in [1.165, 1.54) is 11.8 Å². The lowest BCUT2D eigenvalue weighted by molar-refractivity contribution is -0.118. The first-order chi connectivity index (χ1) is 12.2. The van der Waals surface area contributed by atoms with Crippen LogP contribution in [0.25, 0.3) is 11.1 Å². The van der Waals surface area contributed by atoms with Gasteiger partial charge in [0, 0.05) is 0 Å². The molecule has 3 aromatic rings. The molecule has 7 heteroatoms. The quantitative estimate of drug-likeness (QED) is 0.493. The molecule has 6 nitrogen and oxygen atoms in total. The predicted octanol–water partition coefficient (Wildman–Crippen LogP) is 3.12. The van der Waals surface area contributed by atoms with Crippen LogP contribution in [0.15, 0.2) is 58.2 Å². The van der Waals surface area contributed by atoms with Gasteiger partial charge < -0.3 is 19.2 Å². The molecule has 2 aromatic carbocycles. The number of fused-ring (bicyclic) bond motifs is 1. The highest BCUT2D eigenvalue weighted by Gasteiger charge is 2.08. The number of hydrogen-bond donors (Lipinski definition) is 1. The van der Waals surface area contributed by atoms with Crippen LogP contribution in [0.2, 0.25) is 0 Å². The zero-order chi connectivity index (χ0) is 17.5. The molecule has 1 N–H and O–H groups in total. The molecule has 0 radical (unpaired) electrons. The van der Waals surface area contributed by atoms with Gasteiger partial charge in [-0.05, 0) is 36.4 Å². The smallest absolute Gasteiger partial charge is 0.257 e. The van der Waals surface area contributed by atoms with E-state index in [0.29, 0.717) is 18.4 Å². The van der Waals surface area contributed by atoms with Crippen LogP contribution in [0.1, 0.15) is 0 Å². The molecule has 0 aliphatic rings. The van der Waals surface area contributed by atoms with Crippen LogP contribution in [0, 0.1) is 0 Å². The minimum absolute atomic E-state index is 0.0920. The maximum Gasteiger partial charge on any atom is 0.257 e. The van der Waals surface area contributed by atoms with Crippen molar-refractivity contribution >= 4 is 28.8 Å². The SMILES string of the molecule is COc1ccc(OCCNC(=O)CSc2nc3ccccc3o2)cc1. The number of rotatable bonds is 8. The third-order valence-electron chi connectivity index (χ3n) is 3.35. The van der Waals surface area contributed by atoms with Crippen LogP contribution >= 0.6 is 11.8 Å². The minimum atomic E-state index is -0.0920. The number of nitrogens with one attached hydrogen (secondary N) is 1. The van der Waals surface area contributed by atoms with E-state index in [1.54, 1.807) is 7.11 Å². The van der Waals surface area contributed by atoms with Crippen molar-refractivity contribution < 1.29 is 18.7 Å². The first-order valence-corrected chi connectivity index (χ1v) is 8.75. The van der Waals surface area contributed by atoms with Crippen molar-refractivity contribution in [1.82, 2.24) is 10.3 Å². The monoisotopic (exact) mass is 358 g/mol. The van der Waals surface area contributed by atoms with Gasteiger partial charge in [-0.3, -0.25) is 4.79 Å². The lowest BCUT2D eigenvalue weighted by Gasteiger charge is -2.08. The summed E-state index contributed by atoms with van der Waals surface area (Å²) in [5.41, 5.74) is 1.51. The summed E-state index contributed by atoms with van der Waals surface area (Å²) in [5, 5.41) is 3.29. The van der Waals surface area contributed by atoms with Crippen LogP contribution in [-0.4, -0.2) is 36.9 Å². The summed E-state index contributed by atoms with van der Waals surface area (Å²) < 4.78 is 16.2. The van der Waals surface area contributed by atoms with E-state index < -0.39 is 0 Å². The zero-order valence-corrected chi connectivity index (χ0v) is 14.5. The number of benzene rings is 2. The van der Waals surface area contributed by atoms with Crippen molar-refractivity contribution in [3.8, 4) is 11.5 Å². The maximum absolute atomic E-state index is 11.9. The molecule has 1 heterocycles. The summed E-state index contributed by atoms with van der Waals surface area (Å²) in [7, 11) is 1.62. The molecule has 25 heavy (non-hydrogen) atoms. The van der Waals surface area contributed by atoms with Crippen LogP contribution in [0.5, 0.6) is 11.5 Å². The first-order valence-electron chi connectivity index (χ1n) is 7.76. The van der Waals surface area contributed by atoms with Crippen LogP contribution in [-0.2, 0) is 4.79 Å². The third-order valence-corrected chi connectivity index (χ3v) is 4.18. The van der Waals surface area contributed by atoms with Gasteiger partial charge in [-0.2, -0.15) is 0 Å². The Morgan fingerprint density at radius 2 is 1.92 bits per heavy atom. The molecule has 130 valence electrons. The van der Waals surface area contributed by atoms with Crippen LogP contribution < -0.4 is 14.8 Å². The second-order valence-electron chi connectivity index (χ2n) is 5.11. The molecule has 0 spiro atoms. The standard InChI is InChI=1S/C18H18N2O4S/c1-22-13-6-8-14(9-7-13)23-11-10-19-17(21)12-25-18-20-15-4-2-3-5-16(15)24-18/h2-9H,10-12H2,1H3,(H,19,21). The van der Waals surface area contributed by atoms with E-state index in [0.717, 1.165) is 22.6 Å². The number of carbonyl (C=O) groups excluding carboxylic acids is 1. The number of ether oxygens (including phenoxy) is 2. The molecular weight excluding hydrogens is 340 g/mol. The topological polar surface area (TPSA) is 73.6 Å². The van der Waals surface area contributed by atoms with E-state index >= 15 is 0 Å². The summed E-state index contributed by atoms with van der Waals surface area (Å²) in [6.45, 7) is 0.824. The molecule has 0 aliphatic carbocycles. The molecular formula is C18H18N2O4S. The zero-order valence-electron chi connectivity index (χ0n) is 13.7. The number of methoxy groups -OCH3 is 1. The van der Waals surface area contributed by atoms with Gasteiger partial charge >= 0.3 is 0 Å². The van der Waals surface area contributed by atoms with Gasteiger partial charge in [0.15, 0.2) is 5.58 Å². The normalized spacial score (nSPS) is 10.6. The number of hydrogen-bond acceptors (Lipinski definition) is 6. The van der Waals surface area contributed by atoms with Gasteiger partial charge in [0.05, 0.1) is 19.4 Å². The molecule has 0 saturated carbocycles. The average Bonchev–Trinajstić information content (AvgIpc) is 3.07. The number of carbonyl (C=O) groups is 1. The summed E-state index contributed by atoms with van der Waals surface area (Å²) >= 11 is 1.27. The highest BCUT2D eigenvalue weighted by molar-refractivity contribution is 7.99. The van der Waals surface area contributed by atoms with E-state index in [9.17, 15) is 4.79 Å². The Balaban J connectivity index is 1.36. The van der Waals surface area contributed by atoms with Gasteiger partial charge in [0.2, 0.25) is 5.91 Å². The van der Waals surface area contributed by atoms with Crippen molar-refractivity contribution in [2.24, 2.45) is 0 Å². The van der Waals surface area contributed by atoms with Gasteiger partial charge in [-0.25, -0.2) is 4.98 Å². The van der Waals surface area contributed by atoms with Crippen LogP contribution in [0.3, 0.4) is 0 Å². The molecule has 0 bridgehead atoms. The number of nitrogens with zero attached hydrogens (tertiary/aromatic N) is 1. The van der Waals surface area contributed by atoms with Crippen molar-refractivity contribution in [2.45, 2.75) is 5.22 Å². The Labute approximate surface area is 149 Å². The molecule has 0 fully saturated rings. The molecule has 3 rings (SSSR count). The maximum atomic E-state index is 11.9. The minimum Gasteiger partial charge on any atom is -0.497 e. The average molecular weight is 358 g/mol. The lowest BCUT2D eigenvalue weighted by atomic mass is 10.3. The van der Waals surface area contributed by atoms with Crippen molar-refractivity contribution in [3.05, 3.63) is 48.5 Å². The van der Waals surface area contributed by atoms with Crippen molar-refractivity contribution in [2.75, 3.05) is 26.0 Å². The number of aromatic nitrogens is 1. The number of thioether (sulfide) groups is 1. The summed E-state index contributed by atoms with van der Waals surface area (Å²) in [6.07, 6.45) is 0. The van der Waals surface area contributed by atoms with Crippen LogP contribution in [0.4, 0.5) is 0 Å². The van der Waals surface area contributed by atoms with E-state index in [2.05, 4.69) is 10.3 Å². The highest BCUT2D eigenvalue weighted by Crippen LogP contribution is 2.22. The molecule has 1 amide bonds. The molecule has 0 saturated heterocycles. The third kappa shape index (κ3) is 4.90. The van der Waals surface area contributed by atoms with Gasteiger partial charge in [-0.15, -0.1) is 0 Å². The number of para-hydroxylation sites is 2. The summed E-state index contributed by atoms with van der Waals surface area (Å²) in [5.74, 6) is 1.66. The van der Waals surface area contributed by atoms with E-state index in [1.807, 2.05) is 48.5 Å². The van der Waals surface area contributed by atoms with Crippen molar-refractivity contribution in [1.29, 1.82) is 0 Å². The van der Waals surface area contributed by atoms with E-state index in [4.69, 9.17) is 13.9 Å². The number of oxazole rings is 1. The second kappa shape index (κ2) is 8.43. The van der Waals surface area contributed by atoms with Gasteiger partial charge in [0.25, 0.3) is 5.22 Å². The summed E-state index contributed by atoms with van der Waals surface area (Å²) in [6, 6.07) is 14.8. The molecule has 1 aromatic heterocycles.